The van der Waals surface area contributed by atoms with Crippen LogP contribution in [-0.4, -0.2) is 44.5 Å². The Morgan fingerprint density at radius 1 is 1.03 bits per heavy atom. The van der Waals surface area contributed by atoms with E-state index in [0.29, 0.717) is 24.6 Å². The van der Waals surface area contributed by atoms with Gasteiger partial charge in [0, 0.05) is 25.1 Å². The number of aromatic amines is 1. The van der Waals surface area contributed by atoms with E-state index in [2.05, 4.69) is 27.6 Å². The standard InChI is InChI=1S/C26H29N5O2/c1-18(32)27-21-16-22(24-28-23(29-30-24)19-10-4-2-5-11-19)31(17-21)25(33)26(14-8-9-15-26)20-12-6-3-7-13-20/h2-7,10-13,21-22H,8-9,14-17H2,1H3,(H,27,32)(H,28,29,30). The second kappa shape index (κ2) is 8.81. The quantitative estimate of drug-likeness (QED) is 0.628. The number of aromatic nitrogens is 3. The molecule has 1 aliphatic carbocycles. The summed E-state index contributed by atoms with van der Waals surface area (Å²) in [6, 6.07) is 19.6. The molecule has 0 radical (unpaired) electrons. The SMILES string of the molecule is CC(=O)NC1CC(c2nc(-c3ccccc3)n[nH]2)N(C(=O)C2(c3ccccc3)CCCC2)C1. The van der Waals surface area contributed by atoms with E-state index in [1.807, 2.05) is 53.4 Å². The van der Waals surface area contributed by atoms with Crippen LogP contribution >= 0.6 is 0 Å². The van der Waals surface area contributed by atoms with Gasteiger partial charge < -0.3 is 10.2 Å². The molecule has 7 nitrogen and oxygen atoms in total. The molecule has 2 fully saturated rings. The molecule has 5 rings (SSSR count). The zero-order valence-electron chi connectivity index (χ0n) is 18.8. The van der Waals surface area contributed by atoms with Gasteiger partial charge in [0.05, 0.1) is 11.5 Å². The third-order valence-electron chi connectivity index (χ3n) is 7.01. The lowest BCUT2D eigenvalue weighted by Crippen LogP contribution is -2.46. The number of benzene rings is 2. The number of hydrogen-bond acceptors (Lipinski definition) is 4. The van der Waals surface area contributed by atoms with E-state index in [1.165, 1.54) is 6.92 Å². The zero-order valence-corrected chi connectivity index (χ0v) is 18.8. The van der Waals surface area contributed by atoms with Crippen molar-refractivity contribution in [2.75, 3.05) is 6.54 Å². The Bertz CT molecular complexity index is 1120. The lowest BCUT2D eigenvalue weighted by molar-refractivity contribution is -0.138. The van der Waals surface area contributed by atoms with Crippen LogP contribution in [0.3, 0.4) is 0 Å². The van der Waals surface area contributed by atoms with Crippen molar-refractivity contribution in [3.05, 3.63) is 72.1 Å². The lowest BCUT2D eigenvalue weighted by atomic mass is 9.77. The molecule has 2 heterocycles. The first kappa shape index (κ1) is 21.4. The molecule has 1 aliphatic heterocycles. The van der Waals surface area contributed by atoms with Crippen molar-refractivity contribution >= 4 is 11.8 Å². The predicted octanol–water partition coefficient (Wildman–Crippen LogP) is 3.76. The molecule has 7 heteroatoms. The van der Waals surface area contributed by atoms with Crippen molar-refractivity contribution in [2.45, 2.75) is 56.5 Å². The Morgan fingerprint density at radius 2 is 1.70 bits per heavy atom. The predicted molar refractivity (Wildman–Crippen MR) is 125 cm³/mol. The van der Waals surface area contributed by atoms with Crippen LogP contribution in [0.15, 0.2) is 60.7 Å². The summed E-state index contributed by atoms with van der Waals surface area (Å²) in [7, 11) is 0. The summed E-state index contributed by atoms with van der Waals surface area (Å²) in [6.45, 7) is 1.99. The molecule has 170 valence electrons. The van der Waals surface area contributed by atoms with Gasteiger partial charge in [0.2, 0.25) is 11.8 Å². The smallest absolute Gasteiger partial charge is 0.233 e. The van der Waals surface area contributed by atoms with Crippen LogP contribution in [0.1, 0.15) is 56.5 Å². The highest BCUT2D eigenvalue weighted by Crippen LogP contribution is 2.45. The highest BCUT2D eigenvalue weighted by atomic mass is 16.2. The molecule has 2 amide bonds. The minimum Gasteiger partial charge on any atom is -0.352 e. The van der Waals surface area contributed by atoms with E-state index in [1.54, 1.807) is 0 Å². The average Bonchev–Trinajstić information content (AvgIpc) is 3.59. The van der Waals surface area contributed by atoms with Crippen molar-refractivity contribution < 1.29 is 9.59 Å². The molecule has 1 saturated carbocycles. The molecule has 0 spiro atoms. The maximum Gasteiger partial charge on any atom is 0.233 e. The van der Waals surface area contributed by atoms with Gasteiger partial charge in [0.1, 0.15) is 5.82 Å². The summed E-state index contributed by atoms with van der Waals surface area (Å²) in [5, 5.41) is 10.5. The average molecular weight is 444 g/mol. The van der Waals surface area contributed by atoms with Crippen molar-refractivity contribution in [1.82, 2.24) is 25.4 Å². The van der Waals surface area contributed by atoms with E-state index in [-0.39, 0.29) is 23.9 Å². The maximum absolute atomic E-state index is 14.2. The molecule has 1 saturated heterocycles. The molecule has 0 bridgehead atoms. The van der Waals surface area contributed by atoms with Crippen molar-refractivity contribution in [2.24, 2.45) is 0 Å². The van der Waals surface area contributed by atoms with Crippen LogP contribution in [0.5, 0.6) is 0 Å². The number of H-pyrrole nitrogens is 1. The number of hydrogen-bond donors (Lipinski definition) is 2. The summed E-state index contributed by atoms with van der Waals surface area (Å²) >= 11 is 0. The van der Waals surface area contributed by atoms with E-state index < -0.39 is 5.41 Å². The fourth-order valence-electron chi connectivity index (χ4n) is 5.49. The Kier molecular flexibility index (Phi) is 5.70. The molecular weight excluding hydrogens is 414 g/mol. The van der Waals surface area contributed by atoms with Gasteiger partial charge in [-0.3, -0.25) is 14.7 Å². The van der Waals surface area contributed by atoms with Gasteiger partial charge in [0.25, 0.3) is 0 Å². The van der Waals surface area contributed by atoms with E-state index in [9.17, 15) is 9.59 Å². The number of nitrogens with one attached hydrogen (secondary N) is 2. The Labute approximate surface area is 193 Å². The number of carbonyl (C=O) groups excluding carboxylic acids is 2. The second-order valence-electron chi connectivity index (χ2n) is 9.17. The van der Waals surface area contributed by atoms with E-state index in [4.69, 9.17) is 4.98 Å². The molecule has 2 N–H and O–H groups in total. The Balaban J connectivity index is 1.49. The van der Waals surface area contributed by atoms with Gasteiger partial charge in [-0.1, -0.05) is 73.5 Å². The largest absolute Gasteiger partial charge is 0.352 e. The van der Waals surface area contributed by atoms with Gasteiger partial charge >= 0.3 is 0 Å². The first-order chi connectivity index (χ1) is 16.1. The number of rotatable bonds is 5. The van der Waals surface area contributed by atoms with Crippen LogP contribution in [-0.2, 0) is 15.0 Å². The molecule has 33 heavy (non-hydrogen) atoms. The lowest BCUT2D eigenvalue weighted by Gasteiger charge is -2.35. The third-order valence-corrected chi connectivity index (χ3v) is 7.01. The van der Waals surface area contributed by atoms with Crippen molar-refractivity contribution in [1.29, 1.82) is 0 Å². The fourth-order valence-corrected chi connectivity index (χ4v) is 5.49. The molecule has 2 aliphatic rings. The zero-order chi connectivity index (χ0) is 22.8. The summed E-state index contributed by atoms with van der Waals surface area (Å²) < 4.78 is 0. The van der Waals surface area contributed by atoms with E-state index >= 15 is 0 Å². The van der Waals surface area contributed by atoms with Crippen LogP contribution < -0.4 is 5.32 Å². The number of nitrogens with zero attached hydrogens (tertiary/aromatic N) is 3. The van der Waals surface area contributed by atoms with Crippen LogP contribution in [0.4, 0.5) is 0 Å². The third kappa shape index (κ3) is 4.03. The van der Waals surface area contributed by atoms with Gasteiger partial charge in [0.15, 0.2) is 5.82 Å². The molecular formula is C26H29N5O2. The molecule has 2 atom stereocenters. The highest BCUT2D eigenvalue weighted by Gasteiger charge is 2.49. The normalized spacial score (nSPS) is 21.8. The molecule has 2 unspecified atom stereocenters. The minimum atomic E-state index is -0.521. The highest BCUT2D eigenvalue weighted by molar-refractivity contribution is 5.89. The van der Waals surface area contributed by atoms with Gasteiger partial charge in [-0.25, -0.2) is 4.98 Å². The van der Waals surface area contributed by atoms with E-state index in [0.717, 1.165) is 36.8 Å². The number of carbonyl (C=O) groups is 2. The minimum absolute atomic E-state index is 0.0887. The van der Waals surface area contributed by atoms with Crippen LogP contribution in [0.2, 0.25) is 0 Å². The fraction of sp³-hybridized carbons (Fsp3) is 0.385. The van der Waals surface area contributed by atoms with Crippen molar-refractivity contribution in [3.8, 4) is 11.4 Å². The van der Waals surface area contributed by atoms with Gasteiger partial charge in [-0.15, -0.1) is 0 Å². The Morgan fingerprint density at radius 3 is 2.36 bits per heavy atom. The first-order valence-corrected chi connectivity index (χ1v) is 11.7. The molecule has 2 aromatic carbocycles. The monoisotopic (exact) mass is 443 g/mol. The summed E-state index contributed by atoms with van der Waals surface area (Å²) in [5.41, 5.74) is 1.48. The second-order valence-corrected chi connectivity index (χ2v) is 9.17. The van der Waals surface area contributed by atoms with Gasteiger partial charge in [-0.2, -0.15) is 5.10 Å². The maximum atomic E-state index is 14.2. The van der Waals surface area contributed by atoms with Crippen LogP contribution in [0, 0.1) is 0 Å². The number of amides is 2. The van der Waals surface area contributed by atoms with Crippen LogP contribution in [0.25, 0.3) is 11.4 Å². The number of likely N-dealkylation sites (tertiary alicyclic amines) is 1. The first-order valence-electron chi connectivity index (χ1n) is 11.7. The summed E-state index contributed by atoms with van der Waals surface area (Å²) in [5.74, 6) is 1.31. The molecule has 3 aromatic rings. The topological polar surface area (TPSA) is 91.0 Å². The van der Waals surface area contributed by atoms with Crippen molar-refractivity contribution in [3.63, 3.8) is 0 Å². The Hall–Kier alpha value is -3.48. The molecule has 1 aromatic heterocycles. The van der Waals surface area contributed by atoms with Gasteiger partial charge in [-0.05, 0) is 24.8 Å². The summed E-state index contributed by atoms with van der Waals surface area (Å²) in [6.07, 6.45) is 4.37. The summed E-state index contributed by atoms with van der Waals surface area (Å²) in [4.78, 5) is 32.7.